The van der Waals surface area contributed by atoms with E-state index in [-0.39, 0.29) is 45.3 Å². The fourth-order valence-electron chi connectivity index (χ4n) is 5.24. The standard InChI is InChI=1S/C31H34F2N4O7S/c1-17(2)45(42,43)27-12-9-20(36(3)31(40)41)16-21(27)25-6-5-13-37(25)30(39)28(18-7-11-23(33)26(15-18)44-4)35-24-14-19(29(34)38)8-10-22(24)32/h7-12,14-17,25,28,35H,5-6,13H2,1-4H3,(H2,34,38)(H,40,41)/t25-,28-/m1/s1. The Bertz CT molecular complexity index is 1750. The summed E-state index contributed by atoms with van der Waals surface area (Å²) in [5.74, 6) is -3.10. The van der Waals surface area contributed by atoms with Crippen molar-refractivity contribution in [3.63, 3.8) is 0 Å². The summed E-state index contributed by atoms with van der Waals surface area (Å²) in [6.45, 7) is 3.22. The number of nitrogens with two attached hydrogens (primary N) is 1. The average Bonchev–Trinajstić information content (AvgIpc) is 3.49. The van der Waals surface area contributed by atoms with Crippen LogP contribution in [0, 0.1) is 11.6 Å². The lowest BCUT2D eigenvalue weighted by molar-refractivity contribution is -0.133. The van der Waals surface area contributed by atoms with Gasteiger partial charge in [-0.3, -0.25) is 14.5 Å². The van der Waals surface area contributed by atoms with Crippen molar-refractivity contribution < 1.29 is 41.4 Å². The summed E-state index contributed by atoms with van der Waals surface area (Å²) in [7, 11) is -1.32. The molecule has 0 bridgehead atoms. The molecule has 14 heteroatoms. The van der Waals surface area contributed by atoms with Crippen LogP contribution < -0.4 is 20.7 Å². The van der Waals surface area contributed by atoms with Crippen LogP contribution in [0.4, 0.5) is 25.0 Å². The molecule has 4 rings (SSSR count). The van der Waals surface area contributed by atoms with E-state index < -0.39 is 56.7 Å². The second-order valence-corrected chi connectivity index (χ2v) is 13.4. The summed E-state index contributed by atoms with van der Waals surface area (Å²) >= 11 is 0. The Morgan fingerprint density at radius 3 is 2.38 bits per heavy atom. The Morgan fingerprint density at radius 2 is 1.76 bits per heavy atom. The van der Waals surface area contributed by atoms with Crippen molar-refractivity contribution in [2.24, 2.45) is 5.73 Å². The number of hydrogen-bond acceptors (Lipinski definition) is 7. The summed E-state index contributed by atoms with van der Waals surface area (Å²) < 4.78 is 61.4. The van der Waals surface area contributed by atoms with Gasteiger partial charge in [-0.25, -0.2) is 22.0 Å². The predicted octanol–water partition coefficient (Wildman–Crippen LogP) is 4.89. The molecule has 3 aromatic rings. The molecule has 45 heavy (non-hydrogen) atoms. The van der Waals surface area contributed by atoms with E-state index in [4.69, 9.17) is 10.5 Å². The van der Waals surface area contributed by atoms with Crippen LogP contribution in [-0.2, 0) is 14.6 Å². The van der Waals surface area contributed by atoms with Crippen molar-refractivity contribution in [1.29, 1.82) is 0 Å². The highest BCUT2D eigenvalue weighted by Gasteiger charge is 2.38. The SMILES string of the molecule is COc1cc([C@@H](Nc2cc(C(N)=O)ccc2F)C(=O)N2CCC[C@@H]2c2cc(N(C)C(=O)O)ccc2S(=O)(=O)C(C)C)ccc1F. The number of carbonyl (C=O) groups excluding carboxylic acids is 2. The summed E-state index contributed by atoms with van der Waals surface area (Å²) in [6, 6.07) is 9.06. The van der Waals surface area contributed by atoms with E-state index in [0.29, 0.717) is 12.8 Å². The number of benzene rings is 3. The smallest absolute Gasteiger partial charge is 0.411 e. The summed E-state index contributed by atoms with van der Waals surface area (Å²) in [5.41, 5.74) is 5.76. The van der Waals surface area contributed by atoms with E-state index in [1.807, 2.05) is 0 Å². The second-order valence-electron chi connectivity index (χ2n) is 10.9. The monoisotopic (exact) mass is 644 g/mol. The van der Waals surface area contributed by atoms with Crippen LogP contribution in [0.2, 0.25) is 0 Å². The Kier molecular flexibility index (Phi) is 9.66. The van der Waals surface area contributed by atoms with E-state index >= 15 is 4.39 Å². The molecule has 0 spiro atoms. The molecule has 0 radical (unpaired) electrons. The third-order valence-electron chi connectivity index (χ3n) is 7.80. The van der Waals surface area contributed by atoms with Gasteiger partial charge in [0, 0.05) is 24.8 Å². The maximum atomic E-state index is 15.0. The van der Waals surface area contributed by atoms with Gasteiger partial charge in [0.1, 0.15) is 11.9 Å². The van der Waals surface area contributed by atoms with Gasteiger partial charge >= 0.3 is 6.09 Å². The molecule has 1 aliphatic rings. The largest absolute Gasteiger partial charge is 0.494 e. The zero-order valence-electron chi connectivity index (χ0n) is 25.1. The van der Waals surface area contributed by atoms with Crippen molar-refractivity contribution >= 4 is 39.1 Å². The molecule has 1 aliphatic heterocycles. The first-order valence-electron chi connectivity index (χ1n) is 14.0. The summed E-state index contributed by atoms with van der Waals surface area (Å²) in [6.07, 6.45) is -0.450. The minimum absolute atomic E-state index is 0.0243. The second kappa shape index (κ2) is 13.1. The molecule has 11 nitrogen and oxygen atoms in total. The van der Waals surface area contributed by atoms with E-state index in [1.54, 1.807) is 0 Å². The average molecular weight is 645 g/mol. The molecule has 3 aromatic carbocycles. The van der Waals surface area contributed by atoms with E-state index in [2.05, 4.69) is 5.32 Å². The number of methoxy groups -OCH3 is 1. The number of primary amides is 1. The number of hydrogen-bond donors (Lipinski definition) is 3. The zero-order valence-corrected chi connectivity index (χ0v) is 25.9. The molecule has 1 heterocycles. The van der Waals surface area contributed by atoms with Crippen LogP contribution in [0.3, 0.4) is 0 Å². The lowest BCUT2D eigenvalue weighted by Gasteiger charge is -2.32. The van der Waals surface area contributed by atoms with Gasteiger partial charge in [-0.05, 0) is 86.3 Å². The number of likely N-dealkylation sites (tertiary alicyclic amines) is 1. The highest BCUT2D eigenvalue weighted by Crippen LogP contribution is 2.41. The van der Waals surface area contributed by atoms with Gasteiger partial charge in [0.05, 0.1) is 29.0 Å². The van der Waals surface area contributed by atoms with Gasteiger partial charge in [-0.2, -0.15) is 0 Å². The van der Waals surface area contributed by atoms with E-state index in [0.717, 1.165) is 23.1 Å². The number of amides is 3. The molecule has 3 amide bonds. The van der Waals surface area contributed by atoms with Crippen LogP contribution in [-0.4, -0.2) is 62.3 Å². The first-order valence-corrected chi connectivity index (χ1v) is 15.6. The van der Waals surface area contributed by atoms with Crippen LogP contribution in [0.5, 0.6) is 5.75 Å². The van der Waals surface area contributed by atoms with Gasteiger partial charge in [-0.1, -0.05) is 6.07 Å². The minimum atomic E-state index is -3.88. The maximum absolute atomic E-state index is 15.0. The Balaban J connectivity index is 1.86. The minimum Gasteiger partial charge on any atom is -0.494 e. The Labute approximate surface area is 259 Å². The molecule has 1 saturated heterocycles. The number of halogens is 2. The fraction of sp³-hybridized carbons (Fsp3) is 0.323. The van der Waals surface area contributed by atoms with Crippen molar-refractivity contribution in [1.82, 2.24) is 4.90 Å². The first kappa shape index (κ1) is 33.2. The number of carbonyl (C=O) groups is 3. The number of ether oxygens (including phenoxy) is 1. The van der Waals surface area contributed by atoms with Crippen LogP contribution in [0.25, 0.3) is 0 Å². The van der Waals surface area contributed by atoms with Gasteiger partial charge in [-0.15, -0.1) is 0 Å². The number of sulfone groups is 1. The number of anilines is 2. The van der Waals surface area contributed by atoms with Crippen molar-refractivity contribution in [3.05, 3.63) is 82.9 Å². The predicted molar refractivity (Wildman–Crippen MR) is 163 cm³/mol. The maximum Gasteiger partial charge on any atom is 0.411 e. The lowest BCUT2D eigenvalue weighted by atomic mass is 10.00. The fourth-order valence-corrected chi connectivity index (χ4v) is 6.53. The summed E-state index contributed by atoms with van der Waals surface area (Å²) in [5, 5.41) is 11.6. The van der Waals surface area contributed by atoms with Gasteiger partial charge in [0.15, 0.2) is 21.4 Å². The number of carboxylic acid groups (broad SMARTS) is 1. The lowest BCUT2D eigenvalue weighted by Crippen LogP contribution is -2.38. The molecule has 240 valence electrons. The van der Waals surface area contributed by atoms with Crippen LogP contribution in [0.15, 0.2) is 59.5 Å². The summed E-state index contributed by atoms with van der Waals surface area (Å²) in [4.78, 5) is 40.3. The van der Waals surface area contributed by atoms with Crippen LogP contribution in [0.1, 0.15) is 60.3 Å². The van der Waals surface area contributed by atoms with E-state index in [9.17, 15) is 32.3 Å². The molecule has 0 saturated carbocycles. The molecule has 2 atom stereocenters. The zero-order chi connectivity index (χ0) is 33.2. The normalized spacial score (nSPS) is 15.5. The molecule has 1 fully saturated rings. The number of nitrogens with zero attached hydrogens (tertiary/aromatic N) is 2. The van der Waals surface area contributed by atoms with Gasteiger partial charge < -0.3 is 25.8 Å². The molecule has 0 unspecified atom stereocenters. The molecule has 0 aliphatic carbocycles. The van der Waals surface area contributed by atoms with Gasteiger partial charge in [0.2, 0.25) is 11.8 Å². The van der Waals surface area contributed by atoms with Crippen molar-refractivity contribution in [2.45, 2.75) is 48.9 Å². The topological polar surface area (TPSA) is 159 Å². The molecule has 4 N–H and O–H groups in total. The Morgan fingerprint density at radius 1 is 1.07 bits per heavy atom. The molecule has 0 aromatic heterocycles. The molecular weight excluding hydrogens is 610 g/mol. The van der Waals surface area contributed by atoms with Crippen molar-refractivity contribution in [3.8, 4) is 5.75 Å². The highest BCUT2D eigenvalue weighted by molar-refractivity contribution is 7.92. The third-order valence-corrected chi connectivity index (χ3v) is 10.0. The number of nitrogens with one attached hydrogen (secondary N) is 1. The molecular formula is C31H34F2N4O7S. The highest BCUT2D eigenvalue weighted by atomic mass is 32.2. The van der Waals surface area contributed by atoms with Crippen LogP contribution >= 0.6 is 0 Å². The van der Waals surface area contributed by atoms with Gasteiger partial charge in [0.25, 0.3) is 0 Å². The Hall–Kier alpha value is -4.72. The number of rotatable bonds is 10. The third kappa shape index (κ3) is 6.70. The van der Waals surface area contributed by atoms with Crippen molar-refractivity contribution in [2.75, 3.05) is 30.9 Å². The quantitative estimate of drug-likeness (QED) is 0.282. The van der Waals surface area contributed by atoms with E-state index in [1.165, 1.54) is 69.3 Å². The first-order chi connectivity index (χ1) is 21.2.